The molecule has 0 spiro atoms. The molecule has 0 radical (unpaired) electrons. The summed E-state index contributed by atoms with van der Waals surface area (Å²) in [5.74, 6) is 0.00566. The van der Waals surface area contributed by atoms with Gasteiger partial charge in [0.15, 0.2) is 0 Å². The van der Waals surface area contributed by atoms with E-state index in [1.165, 1.54) is 0 Å². The second-order valence-corrected chi connectivity index (χ2v) is 7.20. The van der Waals surface area contributed by atoms with Crippen LogP contribution >= 0.6 is 0 Å². The quantitative estimate of drug-likeness (QED) is 0.893. The number of carbonyl (C=O) groups excluding carboxylic acids is 1. The van der Waals surface area contributed by atoms with E-state index in [2.05, 4.69) is 19.2 Å². The zero-order valence-electron chi connectivity index (χ0n) is 14.6. The summed E-state index contributed by atoms with van der Waals surface area (Å²) in [6, 6.07) is 8.07. The first-order valence-electron chi connectivity index (χ1n) is 9.00. The first-order chi connectivity index (χ1) is 11.5. The SMILES string of the molecule is CC1CC(Nc2cccc(C(=O)N3CCCC(O)C3)c2)CC(C)O1. The molecule has 0 bridgehead atoms. The standard InChI is InChI=1S/C19H28N2O3/c1-13-9-17(10-14(2)24-13)20-16-6-3-5-15(11-16)19(23)21-8-4-7-18(22)12-21/h3,5-6,11,13-14,17-18,20,22H,4,7-10,12H2,1-2H3. The van der Waals surface area contributed by atoms with Gasteiger partial charge in [-0.25, -0.2) is 0 Å². The molecule has 5 heteroatoms. The Bertz CT molecular complexity index is 567. The molecule has 24 heavy (non-hydrogen) atoms. The van der Waals surface area contributed by atoms with Gasteiger partial charge in [0.2, 0.25) is 0 Å². The number of aliphatic hydroxyl groups excluding tert-OH is 1. The van der Waals surface area contributed by atoms with Gasteiger partial charge in [0.25, 0.3) is 5.91 Å². The summed E-state index contributed by atoms with van der Waals surface area (Å²) in [4.78, 5) is 14.4. The summed E-state index contributed by atoms with van der Waals surface area (Å²) in [6.07, 6.45) is 3.71. The molecule has 3 atom stereocenters. The number of β-amino-alcohol motifs (C(OH)–C–C–N with tert-alkyl or cyclic N) is 1. The van der Waals surface area contributed by atoms with Crippen molar-refractivity contribution in [2.45, 2.75) is 63.9 Å². The van der Waals surface area contributed by atoms with Gasteiger partial charge in [0, 0.05) is 30.4 Å². The van der Waals surface area contributed by atoms with E-state index in [1.807, 2.05) is 24.3 Å². The number of likely N-dealkylation sites (tertiary alicyclic amines) is 1. The summed E-state index contributed by atoms with van der Waals surface area (Å²) in [5, 5.41) is 13.3. The molecule has 2 saturated heterocycles. The highest BCUT2D eigenvalue weighted by Crippen LogP contribution is 2.23. The normalized spacial score (nSPS) is 30.9. The summed E-state index contributed by atoms with van der Waals surface area (Å²) in [7, 11) is 0. The third kappa shape index (κ3) is 4.28. The Balaban J connectivity index is 1.66. The average Bonchev–Trinajstić information content (AvgIpc) is 2.53. The van der Waals surface area contributed by atoms with E-state index in [4.69, 9.17) is 4.74 Å². The van der Waals surface area contributed by atoms with Gasteiger partial charge in [-0.2, -0.15) is 0 Å². The lowest BCUT2D eigenvalue weighted by atomic mass is 9.99. The lowest BCUT2D eigenvalue weighted by molar-refractivity contribution is -0.0337. The zero-order valence-corrected chi connectivity index (χ0v) is 14.6. The molecule has 0 aliphatic carbocycles. The van der Waals surface area contributed by atoms with Crippen molar-refractivity contribution in [2.24, 2.45) is 0 Å². The van der Waals surface area contributed by atoms with Crippen molar-refractivity contribution in [1.82, 2.24) is 4.90 Å². The van der Waals surface area contributed by atoms with Crippen molar-refractivity contribution < 1.29 is 14.6 Å². The third-order valence-electron chi connectivity index (χ3n) is 4.86. The number of hydrogen-bond donors (Lipinski definition) is 2. The first kappa shape index (κ1) is 17.2. The molecule has 0 saturated carbocycles. The molecule has 1 amide bonds. The van der Waals surface area contributed by atoms with Crippen LogP contribution in [0.15, 0.2) is 24.3 Å². The highest BCUT2D eigenvalue weighted by atomic mass is 16.5. The number of benzene rings is 1. The molecule has 0 aromatic heterocycles. The predicted octanol–water partition coefficient (Wildman–Crippen LogP) is 2.65. The number of rotatable bonds is 3. The molecule has 1 aromatic rings. The fourth-order valence-corrected chi connectivity index (χ4v) is 3.82. The number of aliphatic hydroxyl groups is 1. The minimum Gasteiger partial charge on any atom is -0.391 e. The monoisotopic (exact) mass is 332 g/mol. The van der Waals surface area contributed by atoms with Crippen LogP contribution in [0.1, 0.15) is 49.9 Å². The van der Waals surface area contributed by atoms with Gasteiger partial charge in [0.1, 0.15) is 0 Å². The van der Waals surface area contributed by atoms with Crippen LogP contribution in [0, 0.1) is 0 Å². The lowest BCUT2D eigenvalue weighted by Gasteiger charge is -2.33. The Labute approximate surface area is 144 Å². The number of ether oxygens (including phenoxy) is 1. The van der Waals surface area contributed by atoms with Crippen LogP contribution in [-0.4, -0.2) is 53.4 Å². The third-order valence-corrected chi connectivity index (χ3v) is 4.86. The Hall–Kier alpha value is -1.59. The number of nitrogens with zero attached hydrogens (tertiary/aromatic N) is 1. The zero-order chi connectivity index (χ0) is 17.1. The topological polar surface area (TPSA) is 61.8 Å². The van der Waals surface area contributed by atoms with Gasteiger partial charge in [0.05, 0.1) is 18.3 Å². The van der Waals surface area contributed by atoms with Gasteiger partial charge >= 0.3 is 0 Å². The van der Waals surface area contributed by atoms with Crippen molar-refractivity contribution in [1.29, 1.82) is 0 Å². The number of anilines is 1. The van der Waals surface area contributed by atoms with Crippen molar-refractivity contribution in [3.05, 3.63) is 29.8 Å². The molecular weight excluding hydrogens is 304 g/mol. The number of carbonyl (C=O) groups is 1. The fraction of sp³-hybridized carbons (Fsp3) is 0.632. The van der Waals surface area contributed by atoms with Gasteiger partial charge in [-0.05, 0) is 57.7 Å². The summed E-state index contributed by atoms with van der Waals surface area (Å²) in [6.45, 7) is 5.37. The van der Waals surface area contributed by atoms with Crippen LogP contribution < -0.4 is 5.32 Å². The number of amides is 1. The molecule has 2 N–H and O–H groups in total. The van der Waals surface area contributed by atoms with Crippen molar-refractivity contribution in [3.8, 4) is 0 Å². The van der Waals surface area contributed by atoms with E-state index in [0.717, 1.165) is 37.9 Å². The maximum absolute atomic E-state index is 12.7. The summed E-state index contributed by atoms with van der Waals surface area (Å²) >= 11 is 0. The molecule has 2 heterocycles. The Morgan fingerprint density at radius 3 is 2.75 bits per heavy atom. The smallest absolute Gasteiger partial charge is 0.254 e. The highest BCUT2D eigenvalue weighted by Gasteiger charge is 2.25. The summed E-state index contributed by atoms with van der Waals surface area (Å²) in [5.41, 5.74) is 1.66. The Kier molecular flexibility index (Phi) is 5.41. The van der Waals surface area contributed by atoms with Gasteiger partial charge in [-0.3, -0.25) is 4.79 Å². The van der Waals surface area contributed by atoms with Crippen LogP contribution in [0.4, 0.5) is 5.69 Å². The van der Waals surface area contributed by atoms with Crippen LogP contribution in [-0.2, 0) is 4.74 Å². The second-order valence-electron chi connectivity index (χ2n) is 7.20. The van der Waals surface area contributed by atoms with E-state index >= 15 is 0 Å². The molecule has 3 unspecified atom stereocenters. The van der Waals surface area contributed by atoms with E-state index in [1.54, 1.807) is 4.90 Å². The largest absolute Gasteiger partial charge is 0.391 e. The molecule has 2 aliphatic rings. The molecule has 2 fully saturated rings. The maximum atomic E-state index is 12.7. The molecule has 2 aliphatic heterocycles. The number of nitrogens with one attached hydrogen (secondary N) is 1. The van der Waals surface area contributed by atoms with Crippen LogP contribution in [0.2, 0.25) is 0 Å². The van der Waals surface area contributed by atoms with E-state index in [-0.39, 0.29) is 18.1 Å². The number of hydrogen-bond acceptors (Lipinski definition) is 4. The molecule has 3 rings (SSSR count). The van der Waals surface area contributed by atoms with Crippen LogP contribution in [0.5, 0.6) is 0 Å². The van der Waals surface area contributed by atoms with Crippen molar-refractivity contribution >= 4 is 11.6 Å². The van der Waals surface area contributed by atoms with Crippen molar-refractivity contribution in [2.75, 3.05) is 18.4 Å². The van der Waals surface area contributed by atoms with E-state index < -0.39 is 6.10 Å². The second kappa shape index (κ2) is 7.53. The molecule has 1 aromatic carbocycles. The van der Waals surface area contributed by atoms with Gasteiger partial charge < -0.3 is 20.1 Å². The number of piperidine rings is 1. The van der Waals surface area contributed by atoms with Gasteiger partial charge in [-0.1, -0.05) is 6.07 Å². The van der Waals surface area contributed by atoms with Gasteiger partial charge in [-0.15, -0.1) is 0 Å². The van der Waals surface area contributed by atoms with Crippen LogP contribution in [0.3, 0.4) is 0 Å². The lowest BCUT2D eigenvalue weighted by Crippen LogP contribution is -2.42. The maximum Gasteiger partial charge on any atom is 0.254 e. The minimum atomic E-state index is -0.394. The van der Waals surface area contributed by atoms with Crippen molar-refractivity contribution in [3.63, 3.8) is 0 Å². The van der Waals surface area contributed by atoms with E-state index in [0.29, 0.717) is 18.2 Å². The highest BCUT2D eigenvalue weighted by molar-refractivity contribution is 5.95. The molecule has 132 valence electrons. The average molecular weight is 332 g/mol. The Morgan fingerprint density at radius 1 is 1.29 bits per heavy atom. The predicted molar refractivity (Wildman–Crippen MR) is 94.2 cm³/mol. The minimum absolute atomic E-state index is 0.00566. The van der Waals surface area contributed by atoms with E-state index in [9.17, 15) is 9.90 Å². The van der Waals surface area contributed by atoms with Crippen LogP contribution in [0.25, 0.3) is 0 Å². The first-order valence-corrected chi connectivity index (χ1v) is 9.00. The molecular formula is C19H28N2O3. The summed E-state index contributed by atoms with van der Waals surface area (Å²) < 4.78 is 5.78. The molecule has 5 nitrogen and oxygen atoms in total. The Morgan fingerprint density at radius 2 is 2.04 bits per heavy atom. The fourth-order valence-electron chi connectivity index (χ4n) is 3.82.